The highest BCUT2D eigenvalue weighted by Gasteiger charge is 2.61. The Kier molecular flexibility index (Phi) is 11.5. The molecule has 0 aliphatic carbocycles. The Balaban J connectivity index is 1.46. The minimum Gasteiger partial charge on any atom is -0.493 e. The van der Waals surface area contributed by atoms with Gasteiger partial charge in [0.25, 0.3) is 0 Å². The molecule has 308 valence electrons. The van der Waals surface area contributed by atoms with Gasteiger partial charge < -0.3 is 47.9 Å². The van der Waals surface area contributed by atoms with Gasteiger partial charge in [-0.05, 0) is 59.2 Å². The van der Waals surface area contributed by atoms with Crippen LogP contribution in [0, 0.1) is 25.2 Å². The van der Waals surface area contributed by atoms with Crippen molar-refractivity contribution in [2.24, 2.45) is 0 Å². The molecule has 4 bridgehead atoms. The van der Waals surface area contributed by atoms with Crippen molar-refractivity contribution >= 4 is 29.8 Å². The van der Waals surface area contributed by atoms with Gasteiger partial charge in [-0.25, -0.2) is 9.59 Å². The van der Waals surface area contributed by atoms with Crippen molar-refractivity contribution in [1.29, 1.82) is 5.26 Å². The van der Waals surface area contributed by atoms with Crippen molar-refractivity contribution in [2.75, 3.05) is 60.4 Å². The molecule has 16 nitrogen and oxygen atoms in total. The maximum absolute atomic E-state index is 13.9. The molecule has 1 amide bonds. The number of amides is 1. The highest BCUT2D eigenvalue weighted by molar-refractivity contribution is 7.99. The van der Waals surface area contributed by atoms with Crippen LogP contribution in [-0.4, -0.2) is 118 Å². The third-order valence-electron chi connectivity index (χ3n) is 11.0. The van der Waals surface area contributed by atoms with Gasteiger partial charge in [0.1, 0.15) is 30.0 Å². The van der Waals surface area contributed by atoms with E-state index in [0.29, 0.717) is 65.1 Å². The number of nitriles is 1. The Bertz CT molecular complexity index is 1980. The summed E-state index contributed by atoms with van der Waals surface area (Å²) in [5.41, 5.74) is 3.79. The van der Waals surface area contributed by atoms with Gasteiger partial charge in [0.15, 0.2) is 29.8 Å². The van der Waals surface area contributed by atoms with Gasteiger partial charge in [0, 0.05) is 54.1 Å². The number of hydrogen-bond donors (Lipinski definition) is 1. The first-order valence-corrected chi connectivity index (χ1v) is 20.0. The van der Waals surface area contributed by atoms with Gasteiger partial charge in [-0.3, -0.25) is 14.6 Å². The lowest BCUT2D eigenvalue weighted by molar-refractivity contribution is -0.151. The van der Waals surface area contributed by atoms with Crippen LogP contribution in [0.15, 0.2) is 6.07 Å². The number of hydrogen-bond acceptors (Lipinski definition) is 16. The summed E-state index contributed by atoms with van der Waals surface area (Å²) in [7, 11) is 5.21. The van der Waals surface area contributed by atoms with Crippen LogP contribution in [0.3, 0.4) is 0 Å². The third-order valence-corrected chi connectivity index (χ3v) is 12.4. The first-order chi connectivity index (χ1) is 27.2. The number of nitrogens with one attached hydrogen (secondary N) is 1. The minimum absolute atomic E-state index is 0.0437. The lowest BCUT2D eigenvalue weighted by Crippen LogP contribution is -2.69. The number of aryl methyl sites for hydroxylation is 1. The summed E-state index contributed by atoms with van der Waals surface area (Å²) in [6, 6.07) is 0.905. The van der Waals surface area contributed by atoms with E-state index < -0.39 is 59.1 Å². The molecule has 0 spiro atoms. The minimum atomic E-state index is -1.10. The van der Waals surface area contributed by atoms with Crippen LogP contribution in [-0.2, 0) is 35.0 Å². The van der Waals surface area contributed by atoms with E-state index in [1.54, 1.807) is 35.0 Å². The summed E-state index contributed by atoms with van der Waals surface area (Å²) >= 11 is 1.39. The molecule has 0 saturated carbocycles. The van der Waals surface area contributed by atoms with E-state index in [1.165, 1.54) is 18.7 Å². The number of cyclic esters (lactones) is 1. The Morgan fingerprint density at radius 1 is 1.05 bits per heavy atom. The summed E-state index contributed by atoms with van der Waals surface area (Å²) in [4.78, 5) is 44.3. The quantitative estimate of drug-likeness (QED) is 0.163. The highest BCUT2D eigenvalue weighted by Crippen LogP contribution is 2.64. The van der Waals surface area contributed by atoms with Gasteiger partial charge in [-0.1, -0.05) is 6.07 Å². The molecule has 2 aromatic carbocycles. The average molecular weight is 811 g/mol. The second-order valence-corrected chi connectivity index (χ2v) is 16.9. The van der Waals surface area contributed by atoms with E-state index >= 15 is 0 Å². The van der Waals surface area contributed by atoms with Gasteiger partial charge in [0.2, 0.25) is 6.79 Å². The summed E-state index contributed by atoms with van der Waals surface area (Å²) in [6.45, 7) is 10.7. The van der Waals surface area contributed by atoms with Gasteiger partial charge >= 0.3 is 18.0 Å². The first-order valence-electron chi connectivity index (χ1n) is 18.9. The molecule has 1 N–H and O–H groups in total. The van der Waals surface area contributed by atoms with Crippen LogP contribution in [0.5, 0.6) is 28.7 Å². The summed E-state index contributed by atoms with van der Waals surface area (Å²) < 4.78 is 53.4. The molecule has 17 heteroatoms. The molecule has 2 saturated heterocycles. The number of methoxy groups -OCH3 is 2. The van der Waals surface area contributed by atoms with Crippen LogP contribution in [0.2, 0.25) is 0 Å². The van der Waals surface area contributed by atoms with E-state index in [2.05, 4.69) is 27.3 Å². The second-order valence-electron chi connectivity index (χ2n) is 15.7. The number of likely N-dealkylation sites (N-methyl/N-ethyl adjacent to an activating group) is 1. The van der Waals surface area contributed by atoms with E-state index in [1.807, 2.05) is 20.9 Å². The molecular formula is C40H50N4O12S. The zero-order valence-electron chi connectivity index (χ0n) is 33.7. The average Bonchev–Trinajstić information content (AvgIpc) is 3.63. The molecule has 2 fully saturated rings. The molecule has 7 atom stereocenters. The monoisotopic (exact) mass is 810 g/mol. The highest BCUT2D eigenvalue weighted by atomic mass is 32.2. The van der Waals surface area contributed by atoms with Crippen molar-refractivity contribution < 1.29 is 57.0 Å². The van der Waals surface area contributed by atoms with Crippen molar-refractivity contribution in [2.45, 2.75) is 95.1 Å². The van der Waals surface area contributed by atoms with E-state index in [-0.39, 0.29) is 32.0 Å². The number of carbonyl (C=O) groups is 3. The molecule has 5 aliphatic rings. The maximum atomic E-state index is 13.9. The molecule has 57 heavy (non-hydrogen) atoms. The summed E-state index contributed by atoms with van der Waals surface area (Å²) in [5, 5.41) is 13.3. The maximum Gasteiger partial charge on any atom is 0.408 e. The summed E-state index contributed by atoms with van der Waals surface area (Å²) in [6.07, 6.45) is -0.254. The molecule has 7 rings (SSSR count). The number of benzene rings is 2. The second kappa shape index (κ2) is 16.1. The SMILES string of the molecule is COCCOCOc1c(OC)c(C)cc2c1[C@@H]1[C@@H]3[C@@H]4SC[C@H](NC(=O)OC(C)(C)C)C(=O)OC[C@@H](c5c6c(c(C)c(OC(C)=O)c54)OCO6)N3[C@@H](C#N)[C@H](C2)N1C. The van der Waals surface area contributed by atoms with Crippen molar-refractivity contribution in [3.05, 3.63) is 39.4 Å². The first kappa shape index (κ1) is 40.7. The number of piperazine rings is 1. The van der Waals surface area contributed by atoms with Gasteiger partial charge in [-0.2, -0.15) is 5.26 Å². The molecular weight excluding hydrogens is 761 g/mol. The van der Waals surface area contributed by atoms with Crippen LogP contribution in [0.25, 0.3) is 0 Å². The fourth-order valence-electron chi connectivity index (χ4n) is 8.94. The Morgan fingerprint density at radius 2 is 1.81 bits per heavy atom. The predicted octanol–water partition coefficient (Wildman–Crippen LogP) is 4.42. The number of alkyl carbamates (subject to hydrolysis) is 1. The number of rotatable bonds is 9. The molecule has 0 aromatic heterocycles. The van der Waals surface area contributed by atoms with Crippen LogP contribution in [0.4, 0.5) is 4.79 Å². The number of fused-ring (bicyclic) bond motifs is 9. The number of carbonyl (C=O) groups excluding carboxylic acids is 3. The molecule has 5 aliphatic heterocycles. The normalized spacial score (nSPS) is 26.2. The smallest absolute Gasteiger partial charge is 0.408 e. The number of ether oxygens (including phenoxy) is 9. The standard InChI is InChI=1S/C40H50N4O12S/c1-19-12-22-13-24-25(14-41)44-26-15-51-38(46)23(42-39(47)56-40(4,5)6)16-57-37(29-28(26)36-34(53-18-54-36)20(2)33(29)55-21(3)45)31(44)30(43(24)7)27(22)35(32(19)49-9)52-17-50-11-10-48-8/h12,23-26,30-31,37H,10-11,13,15-18H2,1-9H3,(H,42,47)/t23-,24-,25-,26-,30+,31+,37+/m0/s1. The van der Waals surface area contributed by atoms with Crippen molar-refractivity contribution in [3.8, 4) is 34.8 Å². The van der Waals surface area contributed by atoms with Gasteiger partial charge in [-0.15, -0.1) is 11.8 Å². The third kappa shape index (κ3) is 7.31. The topological polar surface area (TPSA) is 177 Å². The fourth-order valence-corrected chi connectivity index (χ4v) is 10.4. The lowest BCUT2D eigenvalue weighted by Gasteiger charge is -2.61. The summed E-state index contributed by atoms with van der Waals surface area (Å²) in [5.74, 6) is 1.11. The number of thioether (sulfide) groups is 1. The lowest BCUT2D eigenvalue weighted by atomic mass is 9.71. The largest absolute Gasteiger partial charge is 0.493 e. The molecule has 5 heterocycles. The molecule has 2 aromatic rings. The van der Waals surface area contributed by atoms with E-state index in [4.69, 9.17) is 42.6 Å². The van der Waals surface area contributed by atoms with Crippen molar-refractivity contribution in [1.82, 2.24) is 15.1 Å². The zero-order chi connectivity index (χ0) is 40.9. The zero-order valence-corrected chi connectivity index (χ0v) is 34.5. The number of nitrogens with zero attached hydrogens (tertiary/aromatic N) is 3. The Hall–Kier alpha value is -4.47. The molecule has 0 radical (unpaired) electrons. The Morgan fingerprint density at radius 3 is 2.49 bits per heavy atom. The predicted molar refractivity (Wildman–Crippen MR) is 205 cm³/mol. The van der Waals surface area contributed by atoms with E-state index in [9.17, 15) is 19.6 Å². The molecule has 0 unspecified atom stereocenters. The van der Waals surface area contributed by atoms with Crippen LogP contribution >= 0.6 is 11.8 Å². The van der Waals surface area contributed by atoms with E-state index in [0.717, 1.165) is 16.7 Å². The van der Waals surface area contributed by atoms with Crippen LogP contribution < -0.4 is 29.0 Å². The van der Waals surface area contributed by atoms with Crippen LogP contribution in [0.1, 0.15) is 78.4 Å². The number of esters is 2. The van der Waals surface area contributed by atoms with Crippen molar-refractivity contribution in [3.63, 3.8) is 0 Å². The van der Waals surface area contributed by atoms with Gasteiger partial charge in [0.05, 0.1) is 43.7 Å². The Labute approximate surface area is 336 Å². The fraction of sp³-hybridized carbons (Fsp3) is 0.600.